The average molecular weight is 368 g/mol. The van der Waals surface area contributed by atoms with E-state index >= 15 is 0 Å². The van der Waals surface area contributed by atoms with Crippen LogP contribution in [0.15, 0.2) is 59.9 Å². The third-order valence-corrected chi connectivity index (χ3v) is 4.38. The molecule has 27 heavy (non-hydrogen) atoms. The molecule has 1 fully saturated rings. The van der Waals surface area contributed by atoms with E-state index in [2.05, 4.69) is 22.1 Å². The van der Waals surface area contributed by atoms with Crippen LogP contribution in [0.25, 0.3) is 0 Å². The second-order valence-electron chi connectivity index (χ2n) is 6.39. The fourth-order valence-electron chi connectivity index (χ4n) is 3.05. The molecule has 0 bridgehead atoms. The maximum absolute atomic E-state index is 6.08. The molecule has 1 N–H and O–H groups in total. The van der Waals surface area contributed by atoms with E-state index in [0.29, 0.717) is 13.2 Å². The molecule has 144 valence electrons. The summed E-state index contributed by atoms with van der Waals surface area (Å²) in [5.41, 5.74) is 0. The van der Waals surface area contributed by atoms with E-state index in [0.717, 1.165) is 49.9 Å². The van der Waals surface area contributed by atoms with E-state index in [1.54, 1.807) is 12.4 Å². The number of para-hydroxylation sites is 1. The second-order valence-corrected chi connectivity index (χ2v) is 6.39. The Morgan fingerprint density at radius 3 is 2.63 bits per heavy atom. The van der Waals surface area contributed by atoms with E-state index in [9.17, 15) is 0 Å². The normalized spacial score (nSPS) is 15.4. The van der Waals surface area contributed by atoms with Gasteiger partial charge >= 0.3 is 0 Å². The maximum atomic E-state index is 6.08. The number of guanidine groups is 1. The minimum Gasteiger partial charge on any atom is -0.490 e. The Balaban J connectivity index is 1.45. The van der Waals surface area contributed by atoms with Gasteiger partial charge in [-0.1, -0.05) is 18.2 Å². The van der Waals surface area contributed by atoms with E-state index in [-0.39, 0.29) is 6.10 Å². The summed E-state index contributed by atoms with van der Waals surface area (Å²) < 4.78 is 11.7. The number of piperidine rings is 1. The Morgan fingerprint density at radius 2 is 1.93 bits per heavy atom. The summed E-state index contributed by atoms with van der Waals surface area (Å²) >= 11 is 0. The highest BCUT2D eigenvalue weighted by molar-refractivity contribution is 5.80. The third kappa shape index (κ3) is 6.16. The van der Waals surface area contributed by atoms with Gasteiger partial charge in [0.1, 0.15) is 24.2 Å². The van der Waals surface area contributed by atoms with Crippen molar-refractivity contribution in [1.29, 1.82) is 0 Å². The maximum Gasteiger partial charge on any atom is 0.194 e. The molecule has 0 amide bonds. The minimum absolute atomic E-state index is 0.264. The summed E-state index contributed by atoms with van der Waals surface area (Å²) in [4.78, 5) is 11.1. The van der Waals surface area contributed by atoms with Gasteiger partial charge in [0.25, 0.3) is 0 Å². The molecule has 3 rings (SSSR count). The van der Waals surface area contributed by atoms with Crippen molar-refractivity contribution in [2.24, 2.45) is 4.99 Å². The Labute approximate surface area is 161 Å². The van der Waals surface area contributed by atoms with Gasteiger partial charge in [-0.25, -0.2) is 4.99 Å². The Morgan fingerprint density at radius 1 is 1.15 bits per heavy atom. The zero-order valence-electron chi connectivity index (χ0n) is 15.9. The highest BCUT2D eigenvalue weighted by Gasteiger charge is 2.22. The summed E-state index contributed by atoms with van der Waals surface area (Å²) in [6, 6.07) is 13.8. The van der Waals surface area contributed by atoms with E-state index < -0.39 is 0 Å². The lowest BCUT2D eigenvalue weighted by atomic mass is 10.1. The molecule has 0 radical (unpaired) electrons. The van der Waals surface area contributed by atoms with Crippen LogP contribution in [-0.2, 0) is 0 Å². The zero-order chi connectivity index (χ0) is 18.7. The molecule has 1 aliphatic rings. The zero-order valence-corrected chi connectivity index (χ0v) is 15.9. The van der Waals surface area contributed by atoms with Crippen molar-refractivity contribution in [3.8, 4) is 11.5 Å². The van der Waals surface area contributed by atoms with Gasteiger partial charge in [0.05, 0.1) is 12.7 Å². The summed E-state index contributed by atoms with van der Waals surface area (Å²) in [7, 11) is 0. The molecule has 6 nitrogen and oxygen atoms in total. The van der Waals surface area contributed by atoms with Crippen molar-refractivity contribution >= 4 is 5.96 Å². The van der Waals surface area contributed by atoms with Crippen LogP contribution in [0.2, 0.25) is 0 Å². The molecular formula is C21H28N4O2. The first-order valence-electron chi connectivity index (χ1n) is 9.63. The van der Waals surface area contributed by atoms with Crippen LogP contribution in [0.1, 0.15) is 19.8 Å². The van der Waals surface area contributed by atoms with Gasteiger partial charge in [-0.2, -0.15) is 0 Å². The lowest BCUT2D eigenvalue weighted by molar-refractivity contribution is 0.129. The van der Waals surface area contributed by atoms with Crippen LogP contribution in [0.3, 0.4) is 0 Å². The summed E-state index contributed by atoms with van der Waals surface area (Å²) in [5.74, 6) is 2.67. The number of hydrogen-bond donors (Lipinski definition) is 1. The molecule has 2 heterocycles. The smallest absolute Gasteiger partial charge is 0.194 e. The molecule has 1 aromatic carbocycles. The van der Waals surface area contributed by atoms with Gasteiger partial charge in [0, 0.05) is 38.7 Å². The number of aliphatic imine (C=N–C) groups is 1. The van der Waals surface area contributed by atoms with Crippen LogP contribution in [0.4, 0.5) is 0 Å². The van der Waals surface area contributed by atoms with Crippen LogP contribution < -0.4 is 14.8 Å². The minimum atomic E-state index is 0.264. The number of pyridine rings is 1. The quantitative estimate of drug-likeness (QED) is 0.463. The van der Waals surface area contributed by atoms with Crippen LogP contribution in [0, 0.1) is 0 Å². The van der Waals surface area contributed by atoms with Crippen LogP contribution >= 0.6 is 0 Å². The highest BCUT2D eigenvalue weighted by atomic mass is 16.5. The van der Waals surface area contributed by atoms with Gasteiger partial charge < -0.3 is 19.7 Å². The predicted octanol–water partition coefficient (Wildman–Crippen LogP) is 2.97. The average Bonchev–Trinajstić information content (AvgIpc) is 2.72. The predicted molar refractivity (Wildman–Crippen MR) is 107 cm³/mol. The molecule has 0 aliphatic carbocycles. The van der Waals surface area contributed by atoms with Crippen molar-refractivity contribution in [2.45, 2.75) is 25.9 Å². The number of hydrogen-bond acceptors (Lipinski definition) is 4. The van der Waals surface area contributed by atoms with Gasteiger partial charge in [-0.3, -0.25) is 4.98 Å². The summed E-state index contributed by atoms with van der Waals surface area (Å²) in [5, 5.41) is 3.38. The number of rotatable bonds is 7. The van der Waals surface area contributed by atoms with Gasteiger partial charge in [-0.15, -0.1) is 0 Å². The van der Waals surface area contributed by atoms with Crippen LogP contribution in [-0.4, -0.2) is 54.7 Å². The monoisotopic (exact) mass is 368 g/mol. The fraction of sp³-hybridized carbons (Fsp3) is 0.429. The number of likely N-dealkylation sites (tertiary alicyclic amines) is 1. The molecule has 0 atom stereocenters. The SMILES string of the molecule is CCNC(=NCCOc1cccnc1)N1CCC(Oc2ccccc2)CC1. The first-order valence-corrected chi connectivity index (χ1v) is 9.63. The van der Waals surface area contributed by atoms with Crippen LogP contribution in [0.5, 0.6) is 11.5 Å². The van der Waals surface area contributed by atoms with E-state index in [4.69, 9.17) is 14.5 Å². The Hall–Kier alpha value is -2.76. The van der Waals surface area contributed by atoms with Crippen molar-refractivity contribution in [1.82, 2.24) is 15.2 Å². The summed E-state index contributed by atoms with van der Waals surface area (Å²) in [6.07, 6.45) is 5.70. The van der Waals surface area contributed by atoms with Gasteiger partial charge in [0.2, 0.25) is 0 Å². The lowest BCUT2D eigenvalue weighted by Gasteiger charge is -2.34. The Bertz CT molecular complexity index is 686. The number of nitrogens with zero attached hydrogens (tertiary/aromatic N) is 3. The molecule has 1 aromatic heterocycles. The first-order chi connectivity index (χ1) is 13.3. The second kappa shape index (κ2) is 10.4. The largest absolute Gasteiger partial charge is 0.490 e. The molecule has 0 saturated carbocycles. The van der Waals surface area contributed by atoms with Crippen molar-refractivity contribution in [2.75, 3.05) is 32.8 Å². The third-order valence-electron chi connectivity index (χ3n) is 4.38. The lowest BCUT2D eigenvalue weighted by Crippen LogP contribution is -2.47. The molecule has 0 spiro atoms. The highest BCUT2D eigenvalue weighted by Crippen LogP contribution is 2.18. The number of benzene rings is 1. The fourth-order valence-corrected chi connectivity index (χ4v) is 3.05. The number of aromatic nitrogens is 1. The topological polar surface area (TPSA) is 59.0 Å². The van der Waals surface area contributed by atoms with Gasteiger partial charge in [-0.05, 0) is 31.2 Å². The molecule has 6 heteroatoms. The standard InChI is InChI=1S/C21H28N4O2/c1-2-23-21(24-13-16-26-20-9-6-12-22-17-20)25-14-10-19(11-15-25)27-18-7-4-3-5-8-18/h3-9,12,17,19H,2,10-11,13-16H2,1H3,(H,23,24). The van der Waals surface area contributed by atoms with Crippen molar-refractivity contribution < 1.29 is 9.47 Å². The van der Waals surface area contributed by atoms with Crippen molar-refractivity contribution in [3.05, 3.63) is 54.9 Å². The summed E-state index contributed by atoms with van der Waals surface area (Å²) in [6.45, 7) is 5.96. The molecule has 2 aromatic rings. The molecular weight excluding hydrogens is 340 g/mol. The Kier molecular flexibility index (Phi) is 7.33. The molecule has 1 saturated heterocycles. The molecule has 0 unspecified atom stereocenters. The molecule has 1 aliphatic heterocycles. The van der Waals surface area contributed by atoms with E-state index in [1.807, 2.05) is 42.5 Å². The number of ether oxygens (including phenoxy) is 2. The van der Waals surface area contributed by atoms with E-state index in [1.165, 1.54) is 0 Å². The first kappa shape index (κ1) is 19.0. The van der Waals surface area contributed by atoms with Crippen molar-refractivity contribution in [3.63, 3.8) is 0 Å². The van der Waals surface area contributed by atoms with Gasteiger partial charge in [0.15, 0.2) is 5.96 Å². The number of nitrogens with one attached hydrogen (secondary N) is 1.